The summed E-state index contributed by atoms with van der Waals surface area (Å²) in [6.45, 7) is 2.23. The van der Waals surface area contributed by atoms with Gasteiger partial charge in [-0.2, -0.15) is 8.42 Å². The van der Waals surface area contributed by atoms with Crippen LogP contribution in [0, 0.1) is 0 Å². The minimum absolute atomic E-state index is 0.0992. The van der Waals surface area contributed by atoms with Gasteiger partial charge < -0.3 is 5.73 Å². The smallest absolute Gasteiger partial charge is 0.276 e. The molecule has 1 unspecified atom stereocenters. The quantitative estimate of drug-likeness (QED) is 0.242. The Labute approximate surface area is 147 Å². The lowest BCUT2D eigenvalue weighted by molar-refractivity contribution is -0.117. The molecule has 0 aliphatic heterocycles. The van der Waals surface area contributed by atoms with Crippen molar-refractivity contribution < 1.29 is 17.8 Å². The Morgan fingerprint density at radius 1 is 0.917 bits per heavy atom. The molecule has 3 N–H and O–H groups in total. The Kier molecular flexibility index (Phi) is 13.9. The van der Waals surface area contributed by atoms with E-state index in [2.05, 4.69) is 19.1 Å². The van der Waals surface area contributed by atoms with E-state index >= 15 is 0 Å². The minimum atomic E-state index is -4.37. The van der Waals surface area contributed by atoms with Gasteiger partial charge in [0.05, 0.1) is 0 Å². The highest BCUT2D eigenvalue weighted by atomic mass is 32.2. The van der Waals surface area contributed by atoms with Gasteiger partial charge in [0.1, 0.15) is 0 Å². The first-order chi connectivity index (χ1) is 11.4. The zero-order valence-electron chi connectivity index (χ0n) is 15.1. The van der Waals surface area contributed by atoms with E-state index in [1.165, 1.54) is 38.5 Å². The molecule has 24 heavy (non-hydrogen) atoms. The molecule has 0 aromatic rings. The van der Waals surface area contributed by atoms with Crippen LogP contribution < -0.4 is 5.73 Å². The second-order valence-electron chi connectivity index (χ2n) is 6.43. The van der Waals surface area contributed by atoms with Crippen molar-refractivity contribution >= 4 is 16.0 Å². The molecule has 0 heterocycles. The molecule has 0 aliphatic carbocycles. The summed E-state index contributed by atoms with van der Waals surface area (Å²) in [5, 5.41) is -1.46. The first-order valence-electron chi connectivity index (χ1n) is 9.30. The van der Waals surface area contributed by atoms with Crippen molar-refractivity contribution in [2.45, 2.75) is 95.6 Å². The zero-order valence-corrected chi connectivity index (χ0v) is 15.9. The van der Waals surface area contributed by atoms with Crippen molar-refractivity contribution in [3.8, 4) is 0 Å². The fourth-order valence-electron chi connectivity index (χ4n) is 2.66. The summed E-state index contributed by atoms with van der Waals surface area (Å²) < 4.78 is 30.9. The average molecular weight is 362 g/mol. The van der Waals surface area contributed by atoms with Crippen LogP contribution in [0.15, 0.2) is 12.2 Å². The SMILES string of the molecule is CCCCCCCCC=CCCCCCCC(C(N)=O)S(=O)(=O)O. The molecule has 0 aliphatic rings. The Balaban J connectivity index is 3.50. The van der Waals surface area contributed by atoms with Gasteiger partial charge in [0.2, 0.25) is 5.91 Å². The van der Waals surface area contributed by atoms with Gasteiger partial charge in [-0.15, -0.1) is 0 Å². The number of hydrogen-bond donors (Lipinski definition) is 2. The molecule has 0 radical (unpaired) electrons. The highest BCUT2D eigenvalue weighted by Gasteiger charge is 2.27. The van der Waals surface area contributed by atoms with Gasteiger partial charge in [0.15, 0.2) is 5.25 Å². The third-order valence-electron chi connectivity index (χ3n) is 4.16. The molecule has 6 heteroatoms. The molecule has 0 aromatic heterocycles. The van der Waals surface area contributed by atoms with Gasteiger partial charge in [-0.3, -0.25) is 9.35 Å². The lowest BCUT2D eigenvalue weighted by Gasteiger charge is -2.09. The molecule has 0 rings (SSSR count). The third kappa shape index (κ3) is 13.5. The molecule has 142 valence electrons. The zero-order chi connectivity index (χ0) is 18.3. The third-order valence-corrected chi connectivity index (χ3v) is 5.34. The number of amides is 1. The average Bonchev–Trinajstić information content (AvgIpc) is 2.49. The Hall–Kier alpha value is -0.880. The van der Waals surface area contributed by atoms with Gasteiger partial charge in [-0.1, -0.05) is 70.4 Å². The summed E-state index contributed by atoms with van der Waals surface area (Å²) in [7, 11) is -4.37. The van der Waals surface area contributed by atoms with Gasteiger partial charge >= 0.3 is 0 Å². The van der Waals surface area contributed by atoms with E-state index in [0.29, 0.717) is 6.42 Å². The van der Waals surface area contributed by atoms with Crippen molar-refractivity contribution in [3.63, 3.8) is 0 Å². The molecular formula is C18H35NO4S. The topological polar surface area (TPSA) is 97.5 Å². The standard InChI is InChI=1S/C18H35NO4S/c1-2-3-4-5-6-7-8-9-10-11-12-13-14-15-16-17(18(19)20)24(21,22)23/h9-10,17H,2-8,11-16H2,1H3,(H2,19,20)(H,21,22,23). The van der Waals surface area contributed by atoms with Crippen LogP contribution in [0.2, 0.25) is 0 Å². The number of unbranched alkanes of at least 4 members (excludes halogenated alkanes) is 10. The van der Waals surface area contributed by atoms with Crippen LogP contribution in [0.4, 0.5) is 0 Å². The molecular weight excluding hydrogens is 326 g/mol. The van der Waals surface area contributed by atoms with Crippen LogP contribution in [0.25, 0.3) is 0 Å². The summed E-state index contributed by atoms with van der Waals surface area (Å²) >= 11 is 0. The van der Waals surface area contributed by atoms with E-state index in [0.717, 1.165) is 32.1 Å². The van der Waals surface area contributed by atoms with Crippen LogP contribution in [0.1, 0.15) is 90.4 Å². The highest BCUT2D eigenvalue weighted by molar-refractivity contribution is 7.87. The Morgan fingerprint density at radius 3 is 1.83 bits per heavy atom. The van der Waals surface area contributed by atoms with Crippen LogP contribution in [-0.2, 0) is 14.9 Å². The van der Waals surface area contributed by atoms with E-state index in [1.54, 1.807) is 0 Å². The number of carbonyl (C=O) groups is 1. The molecule has 0 spiro atoms. The van der Waals surface area contributed by atoms with E-state index < -0.39 is 21.3 Å². The van der Waals surface area contributed by atoms with E-state index in [9.17, 15) is 13.2 Å². The second kappa shape index (κ2) is 14.5. The van der Waals surface area contributed by atoms with Gasteiger partial charge in [-0.25, -0.2) is 0 Å². The molecule has 5 nitrogen and oxygen atoms in total. The maximum atomic E-state index is 11.0. The first kappa shape index (κ1) is 23.1. The number of rotatable bonds is 16. The summed E-state index contributed by atoms with van der Waals surface area (Å²) in [5.74, 6) is -0.977. The van der Waals surface area contributed by atoms with Crippen LogP contribution in [-0.4, -0.2) is 24.1 Å². The van der Waals surface area contributed by atoms with Gasteiger partial charge in [0.25, 0.3) is 10.1 Å². The molecule has 0 fully saturated rings. The molecule has 1 amide bonds. The largest absolute Gasteiger partial charge is 0.368 e. The maximum Gasteiger partial charge on any atom is 0.276 e. The van der Waals surface area contributed by atoms with Gasteiger partial charge in [-0.05, 0) is 32.1 Å². The predicted octanol–water partition coefficient (Wildman–Crippen LogP) is 4.38. The monoisotopic (exact) mass is 361 g/mol. The van der Waals surface area contributed by atoms with Crippen molar-refractivity contribution in [1.29, 1.82) is 0 Å². The number of hydrogen-bond acceptors (Lipinski definition) is 3. The molecule has 0 aromatic carbocycles. The van der Waals surface area contributed by atoms with Crippen molar-refractivity contribution in [1.82, 2.24) is 0 Å². The predicted molar refractivity (Wildman–Crippen MR) is 99.4 cm³/mol. The van der Waals surface area contributed by atoms with E-state index in [-0.39, 0.29) is 6.42 Å². The van der Waals surface area contributed by atoms with Crippen LogP contribution in [0.5, 0.6) is 0 Å². The highest BCUT2D eigenvalue weighted by Crippen LogP contribution is 2.12. The summed E-state index contributed by atoms with van der Waals surface area (Å²) in [6, 6.07) is 0. The minimum Gasteiger partial charge on any atom is -0.368 e. The van der Waals surface area contributed by atoms with Crippen molar-refractivity contribution in [2.75, 3.05) is 0 Å². The fraction of sp³-hybridized carbons (Fsp3) is 0.833. The lowest BCUT2D eigenvalue weighted by atomic mass is 10.1. The lowest BCUT2D eigenvalue weighted by Crippen LogP contribution is -2.35. The molecule has 0 bridgehead atoms. The normalized spacial score (nSPS) is 13.4. The summed E-state index contributed by atoms with van der Waals surface area (Å²) in [5.41, 5.74) is 4.99. The number of allylic oxidation sites excluding steroid dienone is 2. The number of nitrogens with two attached hydrogens (primary N) is 1. The number of carbonyl (C=O) groups excluding carboxylic acids is 1. The van der Waals surface area contributed by atoms with Crippen molar-refractivity contribution in [3.05, 3.63) is 12.2 Å². The summed E-state index contributed by atoms with van der Waals surface area (Å²) in [4.78, 5) is 11.0. The van der Waals surface area contributed by atoms with Crippen LogP contribution in [0.3, 0.4) is 0 Å². The Morgan fingerprint density at radius 2 is 1.38 bits per heavy atom. The second-order valence-corrected chi connectivity index (χ2v) is 8.02. The first-order valence-corrected chi connectivity index (χ1v) is 10.8. The van der Waals surface area contributed by atoms with Crippen LogP contribution >= 0.6 is 0 Å². The molecule has 0 saturated heterocycles. The van der Waals surface area contributed by atoms with E-state index in [4.69, 9.17) is 10.3 Å². The molecule has 1 atom stereocenters. The molecule has 0 saturated carbocycles. The maximum absolute atomic E-state index is 11.0. The Bertz CT molecular complexity index is 446. The van der Waals surface area contributed by atoms with Gasteiger partial charge in [0, 0.05) is 0 Å². The van der Waals surface area contributed by atoms with E-state index in [1.807, 2.05) is 0 Å². The summed E-state index contributed by atoms with van der Waals surface area (Å²) in [6.07, 6.45) is 18.1. The van der Waals surface area contributed by atoms with Crippen molar-refractivity contribution in [2.24, 2.45) is 5.73 Å². The fourth-order valence-corrected chi connectivity index (χ4v) is 3.42. The number of primary amides is 1.